The summed E-state index contributed by atoms with van der Waals surface area (Å²) in [7, 11) is 0. The summed E-state index contributed by atoms with van der Waals surface area (Å²) < 4.78 is 0. The summed E-state index contributed by atoms with van der Waals surface area (Å²) in [5.41, 5.74) is 6.24. The molecule has 0 spiro atoms. The Morgan fingerprint density at radius 3 is 2.87 bits per heavy atom. The van der Waals surface area contributed by atoms with Crippen LogP contribution in [-0.4, -0.2) is 21.1 Å². The minimum atomic E-state index is -0.161. The Kier molecular flexibility index (Phi) is 3.67. The summed E-state index contributed by atoms with van der Waals surface area (Å²) >= 11 is 1.43. The van der Waals surface area contributed by atoms with Crippen LogP contribution < -0.4 is 5.32 Å². The molecule has 0 saturated heterocycles. The number of hydrogen-bond acceptors (Lipinski definition) is 4. The number of fused-ring (bicyclic) bond motifs is 1. The van der Waals surface area contributed by atoms with Crippen molar-refractivity contribution in [3.63, 3.8) is 0 Å². The second-order valence-corrected chi connectivity index (χ2v) is 6.44. The number of amides is 1. The van der Waals surface area contributed by atoms with Gasteiger partial charge >= 0.3 is 0 Å². The zero-order valence-corrected chi connectivity index (χ0v) is 13.3. The fourth-order valence-corrected chi connectivity index (χ4v) is 3.66. The molecule has 2 aromatic heterocycles. The monoisotopic (exact) mass is 324 g/mol. The molecule has 0 aliphatic heterocycles. The summed E-state index contributed by atoms with van der Waals surface area (Å²) in [4.78, 5) is 17.0. The van der Waals surface area contributed by atoms with Crippen molar-refractivity contribution in [2.75, 3.05) is 5.32 Å². The zero-order chi connectivity index (χ0) is 15.6. The number of benzene rings is 1. The van der Waals surface area contributed by atoms with Crippen LogP contribution in [0.3, 0.4) is 0 Å². The van der Waals surface area contributed by atoms with Crippen LogP contribution >= 0.6 is 11.3 Å². The maximum absolute atomic E-state index is 12.6. The Labute approximate surface area is 137 Å². The third-order valence-corrected chi connectivity index (χ3v) is 4.86. The van der Waals surface area contributed by atoms with Crippen molar-refractivity contribution in [2.24, 2.45) is 0 Å². The van der Waals surface area contributed by atoms with Gasteiger partial charge in [-0.05, 0) is 25.7 Å². The molecule has 0 bridgehead atoms. The lowest BCUT2D eigenvalue weighted by molar-refractivity contribution is 0.102. The number of nitrogens with zero attached hydrogens (tertiary/aromatic N) is 2. The summed E-state index contributed by atoms with van der Waals surface area (Å²) in [6.45, 7) is 0. The molecule has 4 rings (SSSR count). The molecule has 23 heavy (non-hydrogen) atoms. The molecular weight excluding hydrogens is 308 g/mol. The van der Waals surface area contributed by atoms with Crippen LogP contribution in [0, 0.1) is 0 Å². The normalized spacial score (nSPS) is 13.6. The fraction of sp³-hybridized carbons (Fsp3) is 0.235. The van der Waals surface area contributed by atoms with Gasteiger partial charge < -0.3 is 5.32 Å². The van der Waals surface area contributed by atoms with E-state index in [0.717, 1.165) is 53.2 Å². The van der Waals surface area contributed by atoms with Crippen LogP contribution in [-0.2, 0) is 12.8 Å². The number of rotatable bonds is 3. The number of aromatic amines is 1. The molecule has 3 aromatic rings. The van der Waals surface area contributed by atoms with E-state index in [-0.39, 0.29) is 5.91 Å². The molecule has 0 saturated carbocycles. The SMILES string of the molecule is O=C(Nc1scnc1-c1ccccc1)c1n[nH]c2c1CCCC2. The molecule has 2 heterocycles. The summed E-state index contributed by atoms with van der Waals surface area (Å²) in [6, 6.07) is 9.86. The molecule has 5 nitrogen and oxygen atoms in total. The van der Waals surface area contributed by atoms with Crippen LogP contribution in [0.5, 0.6) is 0 Å². The highest BCUT2D eigenvalue weighted by atomic mass is 32.1. The molecule has 2 N–H and O–H groups in total. The van der Waals surface area contributed by atoms with Gasteiger partial charge in [0.1, 0.15) is 10.7 Å². The molecule has 0 unspecified atom stereocenters. The van der Waals surface area contributed by atoms with Gasteiger partial charge in [0.05, 0.1) is 5.51 Å². The molecule has 116 valence electrons. The van der Waals surface area contributed by atoms with E-state index in [2.05, 4.69) is 20.5 Å². The number of aryl methyl sites for hydroxylation is 1. The third kappa shape index (κ3) is 2.66. The minimum absolute atomic E-state index is 0.161. The van der Waals surface area contributed by atoms with E-state index in [1.54, 1.807) is 5.51 Å². The second kappa shape index (κ2) is 5.96. The lowest BCUT2D eigenvalue weighted by Gasteiger charge is -2.11. The van der Waals surface area contributed by atoms with Crippen molar-refractivity contribution in [3.05, 3.63) is 52.8 Å². The highest BCUT2D eigenvalue weighted by molar-refractivity contribution is 7.14. The molecule has 1 aromatic carbocycles. The highest BCUT2D eigenvalue weighted by Gasteiger charge is 2.23. The van der Waals surface area contributed by atoms with Gasteiger partial charge in [0.25, 0.3) is 5.91 Å². The number of H-pyrrole nitrogens is 1. The molecule has 0 atom stereocenters. The second-order valence-electron chi connectivity index (χ2n) is 5.59. The first-order chi connectivity index (χ1) is 11.3. The predicted octanol–water partition coefficient (Wildman–Crippen LogP) is 3.66. The van der Waals surface area contributed by atoms with E-state index < -0.39 is 0 Å². The first-order valence-electron chi connectivity index (χ1n) is 7.69. The maximum Gasteiger partial charge on any atom is 0.277 e. The smallest absolute Gasteiger partial charge is 0.277 e. The molecule has 0 fully saturated rings. The molecule has 1 aliphatic carbocycles. The summed E-state index contributed by atoms with van der Waals surface area (Å²) in [6.07, 6.45) is 4.17. The lowest BCUT2D eigenvalue weighted by atomic mass is 9.96. The number of carbonyl (C=O) groups excluding carboxylic acids is 1. The number of carbonyl (C=O) groups is 1. The topological polar surface area (TPSA) is 70.7 Å². The van der Waals surface area contributed by atoms with Crippen LogP contribution in [0.15, 0.2) is 35.8 Å². The lowest BCUT2D eigenvalue weighted by Crippen LogP contribution is -2.15. The molecule has 0 radical (unpaired) electrons. The van der Waals surface area contributed by atoms with Gasteiger partial charge in [-0.1, -0.05) is 30.3 Å². The van der Waals surface area contributed by atoms with Crippen molar-refractivity contribution >= 4 is 22.2 Å². The van der Waals surface area contributed by atoms with Gasteiger partial charge in [0.2, 0.25) is 0 Å². The van der Waals surface area contributed by atoms with Gasteiger partial charge in [-0.2, -0.15) is 5.10 Å². The standard InChI is InChI=1S/C17H16N4OS/c22-16(15-12-8-4-5-9-13(12)20-21-15)19-17-14(18-10-23-17)11-6-2-1-3-7-11/h1-3,6-7,10H,4-5,8-9H2,(H,19,22)(H,20,21). The number of aromatic nitrogens is 3. The largest absolute Gasteiger partial charge is 0.310 e. The first-order valence-corrected chi connectivity index (χ1v) is 8.57. The zero-order valence-electron chi connectivity index (χ0n) is 12.5. The van der Waals surface area contributed by atoms with Gasteiger partial charge in [0, 0.05) is 16.8 Å². The Morgan fingerprint density at radius 2 is 2.00 bits per heavy atom. The predicted molar refractivity (Wildman–Crippen MR) is 90.7 cm³/mol. The van der Waals surface area contributed by atoms with Gasteiger partial charge in [-0.3, -0.25) is 9.89 Å². The van der Waals surface area contributed by atoms with E-state index >= 15 is 0 Å². The molecular formula is C17H16N4OS. The quantitative estimate of drug-likeness (QED) is 0.772. The van der Waals surface area contributed by atoms with E-state index in [0.29, 0.717) is 5.69 Å². The van der Waals surface area contributed by atoms with E-state index in [9.17, 15) is 4.79 Å². The van der Waals surface area contributed by atoms with Crippen molar-refractivity contribution in [3.8, 4) is 11.3 Å². The fourth-order valence-electron chi connectivity index (χ4n) is 2.97. The highest BCUT2D eigenvalue weighted by Crippen LogP contribution is 2.31. The minimum Gasteiger partial charge on any atom is -0.310 e. The Bertz CT molecular complexity index is 837. The van der Waals surface area contributed by atoms with Crippen LogP contribution in [0.25, 0.3) is 11.3 Å². The molecule has 6 heteroatoms. The molecule has 1 amide bonds. The van der Waals surface area contributed by atoms with Crippen LogP contribution in [0.1, 0.15) is 34.6 Å². The summed E-state index contributed by atoms with van der Waals surface area (Å²) in [5, 5.41) is 11.0. The maximum atomic E-state index is 12.6. The van der Waals surface area contributed by atoms with Crippen molar-refractivity contribution in [1.29, 1.82) is 0 Å². The van der Waals surface area contributed by atoms with Gasteiger partial charge in [0.15, 0.2) is 5.69 Å². The third-order valence-electron chi connectivity index (χ3n) is 4.11. The van der Waals surface area contributed by atoms with E-state index in [1.807, 2.05) is 30.3 Å². The average Bonchev–Trinajstić information content (AvgIpc) is 3.22. The Hall–Kier alpha value is -2.47. The van der Waals surface area contributed by atoms with Crippen molar-refractivity contribution < 1.29 is 4.79 Å². The Balaban J connectivity index is 1.61. The van der Waals surface area contributed by atoms with Crippen molar-refractivity contribution in [1.82, 2.24) is 15.2 Å². The van der Waals surface area contributed by atoms with Crippen LogP contribution in [0.2, 0.25) is 0 Å². The van der Waals surface area contributed by atoms with Gasteiger partial charge in [-0.25, -0.2) is 4.98 Å². The van der Waals surface area contributed by atoms with E-state index in [1.165, 1.54) is 11.3 Å². The summed E-state index contributed by atoms with van der Waals surface area (Å²) in [5.74, 6) is -0.161. The Morgan fingerprint density at radius 1 is 1.17 bits per heavy atom. The first kappa shape index (κ1) is 14.1. The number of anilines is 1. The van der Waals surface area contributed by atoms with E-state index in [4.69, 9.17) is 0 Å². The van der Waals surface area contributed by atoms with Gasteiger partial charge in [-0.15, -0.1) is 11.3 Å². The average molecular weight is 324 g/mol. The van der Waals surface area contributed by atoms with Crippen LogP contribution in [0.4, 0.5) is 5.00 Å². The van der Waals surface area contributed by atoms with Crippen molar-refractivity contribution in [2.45, 2.75) is 25.7 Å². The molecule has 1 aliphatic rings. The number of thiazole rings is 1. The number of hydrogen-bond donors (Lipinski definition) is 2. The number of nitrogens with one attached hydrogen (secondary N) is 2.